The van der Waals surface area contributed by atoms with Crippen LogP contribution in [0.1, 0.15) is 10.7 Å². The zero-order valence-corrected chi connectivity index (χ0v) is 10.2. The summed E-state index contributed by atoms with van der Waals surface area (Å²) in [5.74, 6) is 0. The number of pyridine rings is 1. The first kappa shape index (κ1) is 11.2. The summed E-state index contributed by atoms with van der Waals surface area (Å²) in [5, 5.41) is 13.5. The summed E-state index contributed by atoms with van der Waals surface area (Å²) in [6.45, 7) is 2.92. The van der Waals surface area contributed by atoms with Crippen molar-refractivity contribution in [2.75, 3.05) is 13.6 Å². The van der Waals surface area contributed by atoms with Gasteiger partial charge in [0.25, 0.3) is 0 Å². The van der Waals surface area contributed by atoms with Crippen molar-refractivity contribution in [3.8, 4) is 10.6 Å². The normalized spacial score (nSPS) is 10.6. The summed E-state index contributed by atoms with van der Waals surface area (Å²) in [7, 11) is 1.94. The molecule has 2 aromatic heterocycles. The van der Waals surface area contributed by atoms with E-state index in [1.165, 1.54) is 0 Å². The lowest BCUT2D eigenvalue weighted by molar-refractivity contribution is 0.779. The van der Waals surface area contributed by atoms with E-state index in [9.17, 15) is 0 Å². The van der Waals surface area contributed by atoms with Crippen LogP contribution in [0.5, 0.6) is 0 Å². The Morgan fingerprint density at radius 1 is 1.38 bits per heavy atom. The zero-order chi connectivity index (χ0) is 11.4. The van der Waals surface area contributed by atoms with Crippen LogP contribution < -0.4 is 5.32 Å². The topological polar surface area (TPSA) is 50.7 Å². The summed E-state index contributed by atoms with van der Waals surface area (Å²) >= 11 is 1.64. The second kappa shape index (κ2) is 5.14. The van der Waals surface area contributed by atoms with Crippen molar-refractivity contribution in [2.24, 2.45) is 0 Å². The van der Waals surface area contributed by atoms with Crippen molar-refractivity contribution in [3.63, 3.8) is 0 Å². The molecule has 4 nitrogen and oxygen atoms in total. The van der Waals surface area contributed by atoms with Gasteiger partial charge in [0.1, 0.15) is 10.0 Å². The number of likely N-dealkylation sites (N-methyl/N-ethyl adjacent to an activating group) is 1. The van der Waals surface area contributed by atoms with E-state index >= 15 is 0 Å². The summed E-state index contributed by atoms with van der Waals surface area (Å²) < 4.78 is 0. The third-order valence-corrected chi connectivity index (χ3v) is 3.31. The molecule has 0 unspecified atom stereocenters. The Morgan fingerprint density at radius 3 is 3.00 bits per heavy atom. The minimum Gasteiger partial charge on any atom is -0.319 e. The van der Waals surface area contributed by atoms with Crippen molar-refractivity contribution in [3.05, 3.63) is 29.0 Å². The van der Waals surface area contributed by atoms with Gasteiger partial charge in [-0.2, -0.15) is 0 Å². The van der Waals surface area contributed by atoms with Gasteiger partial charge in [-0.15, -0.1) is 10.2 Å². The lowest BCUT2D eigenvalue weighted by atomic mass is 10.2. The maximum absolute atomic E-state index is 4.25. The average molecular weight is 234 g/mol. The summed E-state index contributed by atoms with van der Waals surface area (Å²) in [4.78, 5) is 4.25. The van der Waals surface area contributed by atoms with Crippen LogP contribution in [0.2, 0.25) is 0 Å². The lowest BCUT2D eigenvalue weighted by Gasteiger charge is -1.98. The van der Waals surface area contributed by atoms with Crippen LogP contribution in [0.4, 0.5) is 0 Å². The largest absolute Gasteiger partial charge is 0.319 e. The molecule has 0 aliphatic rings. The molecule has 0 bridgehead atoms. The maximum atomic E-state index is 4.25. The third kappa shape index (κ3) is 2.43. The fourth-order valence-electron chi connectivity index (χ4n) is 1.41. The van der Waals surface area contributed by atoms with Crippen molar-refractivity contribution < 1.29 is 0 Å². The second-order valence-corrected chi connectivity index (χ2v) is 4.55. The minimum atomic E-state index is 0.924. The van der Waals surface area contributed by atoms with Gasteiger partial charge in [-0.05, 0) is 26.1 Å². The van der Waals surface area contributed by atoms with E-state index in [1.807, 2.05) is 26.1 Å². The van der Waals surface area contributed by atoms with Crippen LogP contribution in [0.25, 0.3) is 10.6 Å². The number of hydrogen-bond donors (Lipinski definition) is 1. The molecule has 16 heavy (non-hydrogen) atoms. The average Bonchev–Trinajstić information content (AvgIpc) is 2.75. The van der Waals surface area contributed by atoms with Crippen molar-refractivity contribution >= 4 is 11.3 Å². The quantitative estimate of drug-likeness (QED) is 0.874. The molecule has 0 radical (unpaired) electrons. The molecule has 0 saturated heterocycles. The third-order valence-electron chi connectivity index (χ3n) is 2.29. The van der Waals surface area contributed by atoms with Gasteiger partial charge in [-0.1, -0.05) is 11.3 Å². The molecular weight excluding hydrogens is 220 g/mol. The number of aromatic nitrogens is 3. The van der Waals surface area contributed by atoms with E-state index in [1.54, 1.807) is 17.5 Å². The van der Waals surface area contributed by atoms with Gasteiger partial charge in [-0.25, -0.2) is 0 Å². The monoisotopic (exact) mass is 234 g/mol. The predicted molar refractivity (Wildman–Crippen MR) is 65.5 cm³/mol. The number of nitrogens with one attached hydrogen (secondary N) is 1. The van der Waals surface area contributed by atoms with Gasteiger partial charge >= 0.3 is 0 Å². The Balaban J connectivity index is 2.22. The van der Waals surface area contributed by atoms with E-state index in [0.29, 0.717) is 0 Å². The van der Waals surface area contributed by atoms with E-state index in [0.717, 1.165) is 34.2 Å². The van der Waals surface area contributed by atoms with Crippen LogP contribution in [0.3, 0.4) is 0 Å². The van der Waals surface area contributed by atoms with Gasteiger partial charge < -0.3 is 5.32 Å². The Labute approximate surface area is 98.8 Å². The first-order valence-electron chi connectivity index (χ1n) is 5.20. The standard InChI is InChI=1S/C11H14N4S/c1-8-9(4-3-6-13-8)11-15-14-10(16-11)5-7-12-2/h3-4,6,12H,5,7H2,1-2H3. The van der Waals surface area contributed by atoms with Crippen LogP contribution in [-0.4, -0.2) is 28.8 Å². The molecule has 0 spiro atoms. The molecule has 0 fully saturated rings. The number of hydrogen-bond acceptors (Lipinski definition) is 5. The zero-order valence-electron chi connectivity index (χ0n) is 9.40. The predicted octanol–water partition coefficient (Wildman–Crippen LogP) is 1.67. The van der Waals surface area contributed by atoms with Gasteiger partial charge in [0.05, 0.1) is 0 Å². The van der Waals surface area contributed by atoms with Crippen molar-refractivity contribution in [2.45, 2.75) is 13.3 Å². The van der Waals surface area contributed by atoms with Gasteiger partial charge in [0.15, 0.2) is 0 Å². The molecule has 2 heterocycles. The van der Waals surface area contributed by atoms with Gasteiger partial charge in [0.2, 0.25) is 0 Å². The minimum absolute atomic E-state index is 0.924. The number of rotatable bonds is 4. The van der Waals surface area contributed by atoms with Crippen LogP contribution in [-0.2, 0) is 6.42 Å². The van der Waals surface area contributed by atoms with Crippen molar-refractivity contribution in [1.82, 2.24) is 20.5 Å². The molecule has 0 amide bonds. The molecule has 0 aliphatic carbocycles. The Hall–Kier alpha value is -1.33. The van der Waals surface area contributed by atoms with E-state index in [2.05, 4.69) is 20.5 Å². The Morgan fingerprint density at radius 2 is 2.25 bits per heavy atom. The SMILES string of the molecule is CNCCc1nnc(-c2cccnc2C)s1. The van der Waals surface area contributed by atoms with E-state index < -0.39 is 0 Å². The second-order valence-electron chi connectivity index (χ2n) is 3.49. The van der Waals surface area contributed by atoms with Crippen LogP contribution in [0.15, 0.2) is 18.3 Å². The Bertz CT molecular complexity index is 467. The lowest BCUT2D eigenvalue weighted by Crippen LogP contribution is -2.09. The molecule has 0 saturated carbocycles. The Kier molecular flexibility index (Phi) is 3.58. The molecule has 2 rings (SSSR count). The first-order valence-corrected chi connectivity index (χ1v) is 6.02. The number of aryl methyl sites for hydroxylation is 1. The van der Waals surface area contributed by atoms with E-state index in [4.69, 9.17) is 0 Å². The maximum Gasteiger partial charge on any atom is 0.149 e. The molecular formula is C11H14N4S. The smallest absolute Gasteiger partial charge is 0.149 e. The fourth-order valence-corrected chi connectivity index (χ4v) is 2.32. The molecule has 5 heteroatoms. The van der Waals surface area contributed by atoms with Gasteiger partial charge in [0, 0.05) is 30.4 Å². The number of nitrogens with zero attached hydrogens (tertiary/aromatic N) is 3. The van der Waals surface area contributed by atoms with Gasteiger partial charge in [-0.3, -0.25) is 4.98 Å². The first-order chi connectivity index (χ1) is 7.81. The highest BCUT2D eigenvalue weighted by atomic mass is 32.1. The summed E-state index contributed by atoms with van der Waals surface area (Å²) in [6, 6.07) is 3.96. The highest BCUT2D eigenvalue weighted by Crippen LogP contribution is 2.25. The van der Waals surface area contributed by atoms with Crippen LogP contribution in [0, 0.1) is 6.92 Å². The summed E-state index contributed by atoms with van der Waals surface area (Å²) in [6.07, 6.45) is 2.72. The molecule has 0 atom stereocenters. The molecule has 0 aliphatic heterocycles. The molecule has 0 aromatic carbocycles. The highest BCUT2D eigenvalue weighted by Gasteiger charge is 2.08. The molecule has 1 N–H and O–H groups in total. The molecule has 2 aromatic rings. The fraction of sp³-hybridized carbons (Fsp3) is 0.364. The van der Waals surface area contributed by atoms with E-state index in [-0.39, 0.29) is 0 Å². The summed E-state index contributed by atoms with van der Waals surface area (Å²) in [5.41, 5.74) is 2.08. The molecule has 84 valence electrons. The highest BCUT2D eigenvalue weighted by molar-refractivity contribution is 7.14. The van der Waals surface area contributed by atoms with Crippen molar-refractivity contribution in [1.29, 1.82) is 0 Å². The van der Waals surface area contributed by atoms with Crippen LogP contribution >= 0.6 is 11.3 Å².